The van der Waals surface area contributed by atoms with Gasteiger partial charge in [0.15, 0.2) is 0 Å². The van der Waals surface area contributed by atoms with E-state index in [0.717, 1.165) is 11.3 Å². The highest BCUT2D eigenvalue weighted by Gasteiger charge is 2.27. The van der Waals surface area contributed by atoms with Crippen LogP contribution in [0.25, 0.3) is 0 Å². The summed E-state index contributed by atoms with van der Waals surface area (Å²) >= 11 is 5.98. The van der Waals surface area contributed by atoms with Crippen molar-refractivity contribution in [2.75, 3.05) is 11.9 Å². The molecule has 0 aliphatic carbocycles. The van der Waals surface area contributed by atoms with E-state index < -0.39 is 12.8 Å². The monoisotopic (exact) mass is 330 g/mol. The Balaban J connectivity index is 1.83. The summed E-state index contributed by atoms with van der Waals surface area (Å²) in [7, 11) is 0. The summed E-state index contributed by atoms with van der Waals surface area (Å²) < 4.78 is 40.5. The van der Waals surface area contributed by atoms with Gasteiger partial charge < -0.3 is 10.1 Å². The number of rotatable bonds is 6. The van der Waals surface area contributed by atoms with Gasteiger partial charge >= 0.3 is 6.18 Å². The normalized spacial score (nSPS) is 11.5. The number of nitrogens with one attached hydrogen (secondary N) is 1. The standard InChI is InChI=1S/C15H14ClF3N2O/c16-13-8-20-6-5-14(13)21-7-11-1-3-12(4-2-11)9-22-10-15(17,18)19/h1-6,8H,7,9-10H2,(H,20,21). The molecule has 0 saturated heterocycles. The molecule has 3 nitrogen and oxygen atoms in total. The number of alkyl halides is 3. The van der Waals surface area contributed by atoms with Gasteiger partial charge in [-0.1, -0.05) is 35.9 Å². The number of benzene rings is 1. The second-order valence-corrected chi connectivity index (χ2v) is 5.04. The van der Waals surface area contributed by atoms with Gasteiger partial charge in [-0.25, -0.2) is 0 Å². The smallest absolute Gasteiger partial charge is 0.380 e. The minimum atomic E-state index is -4.30. The van der Waals surface area contributed by atoms with Crippen LogP contribution >= 0.6 is 11.6 Å². The quantitative estimate of drug-likeness (QED) is 0.851. The summed E-state index contributed by atoms with van der Waals surface area (Å²) in [6.07, 6.45) is -1.12. The number of pyridine rings is 1. The van der Waals surface area contributed by atoms with Crippen molar-refractivity contribution in [1.82, 2.24) is 4.98 Å². The first kappa shape index (κ1) is 16.6. The van der Waals surface area contributed by atoms with E-state index in [2.05, 4.69) is 15.0 Å². The fraction of sp³-hybridized carbons (Fsp3) is 0.267. The van der Waals surface area contributed by atoms with Crippen molar-refractivity contribution < 1.29 is 17.9 Å². The number of hydrogen-bond acceptors (Lipinski definition) is 3. The maximum atomic E-state index is 12.0. The van der Waals surface area contributed by atoms with Crippen molar-refractivity contribution in [2.24, 2.45) is 0 Å². The second-order valence-electron chi connectivity index (χ2n) is 4.63. The Morgan fingerprint density at radius 1 is 1.09 bits per heavy atom. The molecular weight excluding hydrogens is 317 g/mol. The molecule has 0 amide bonds. The molecule has 1 heterocycles. The molecule has 0 spiro atoms. The molecule has 0 saturated carbocycles. The van der Waals surface area contributed by atoms with E-state index in [1.807, 2.05) is 12.1 Å². The van der Waals surface area contributed by atoms with Crippen molar-refractivity contribution in [2.45, 2.75) is 19.3 Å². The van der Waals surface area contributed by atoms with Gasteiger partial charge in [-0.05, 0) is 17.2 Å². The minimum absolute atomic E-state index is 0.0661. The zero-order valence-corrected chi connectivity index (χ0v) is 12.3. The lowest BCUT2D eigenvalue weighted by Crippen LogP contribution is -2.16. The molecule has 1 aromatic carbocycles. The number of aromatic nitrogens is 1. The molecule has 1 aromatic heterocycles. The summed E-state index contributed by atoms with van der Waals surface area (Å²) in [6, 6.07) is 8.90. The highest BCUT2D eigenvalue weighted by atomic mass is 35.5. The topological polar surface area (TPSA) is 34.1 Å². The number of ether oxygens (including phenoxy) is 1. The summed E-state index contributed by atoms with van der Waals surface area (Å²) in [5.74, 6) is 0. The third-order valence-corrected chi connectivity index (χ3v) is 3.11. The van der Waals surface area contributed by atoms with Crippen LogP contribution in [-0.4, -0.2) is 17.8 Å². The van der Waals surface area contributed by atoms with Gasteiger partial charge in [-0.2, -0.15) is 13.2 Å². The van der Waals surface area contributed by atoms with Crippen molar-refractivity contribution in [1.29, 1.82) is 0 Å². The SMILES string of the molecule is FC(F)(F)COCc1ccc(CNc2ccncc2Cl)cc1. The minimum Gasteiger partial charge on any atom is -0.380 e. The fourth-order valence-electron chi connectivity index (χ4n) is 1.75. The Bertz CT molecular complexity index is 602. The van der Waals surface area contributed by atoms with E-state index >= 15 is 0 Å². The third kappa shape index (κ3) is 5.54. The van der Waals surface area contributed by atoms with E-state index in [4.69, 9.17) is 11.6 Å². The van der Waals surface area contributed by atoms with Crippen molar-refractivity contribution in [3.8, 4) is 0 Å². The van der Waals surface area contributed by atoms with Gasteiger partial charge in [-0.3, -0.25) is 4.98 Å². The van der Waals surface area contributed by atoms with Crippen LogP contribution in [0.2, 0.25) is 5.02 Å². The van der Waals surface area contributed by atoms with E-state index in [-0.39, 0.29) is 6.61 Å². The first-order chi connectivity index (χ1) is 10.4. The van der Waals surface area contributed by atoms with Crippen LogP contribution in [0.5, 0.6) is 0 Å². The molecule has 1 N–H and O–H groups in total. The van der Waals surface area contributed by atoms with Crippen LogP contribution in [-0.2, 0) is 17.9 Å². The maximum absolute atomic E-state index is 12.0. The summed E-state index contributed by atoms with van der Waals surface area (Å²) in [5, 5.41) is 3.69. The molecule has 0 bridgehead atoms. The number of halogens is 4. The van der Waals surface area contributed by atoms with Crippen molar-refractivity contribution >= 4 is 17.3 Å². The van der Waals surface area contributed by atoms with Crippen LogP contribution in [0.3, 0.4) is 0 Å². The Morgan fingerprint density at radius 3 is 2.41 bits per heavy atom. The largest absolute Gasteiger partial charge is 0.411 e. The summed E-state index contributed by atoms with van der Waals surface area (Å²) in [4.78, 5) is 3.89. The van der Waals surface area contributed by atoms with E-state index in [1.165, 1.54) is 0 Å². The van der Waals surface area contributed by atoms with E-state index in [0.29, 0.717) is 17.1 Å². The van der Waals surface area contributed by atoms with Crippen molar-refractivity contribution in [3.05, 3.63) is 58.9 Å². The molecule has 0 unspecified atom stereocenters. The molecule has 0 fully saturated rings. The van der Waals surface area contributed by atoms with E-state index in [1.54, 1.807) is 30.6 Å². The van der Waals surface area contributed by atoms with Crippen LogP contribution < -0.4 is 5.32 Å². The Labute approximate surface area is 131 Å². The zero-order chi connectivity index (χ0) is 16.0. The molecule has 7 heteroatoms. The molecule has 2 aromatic rings. The maximum Gasteiger partial charge on any atom is 0.411 e. The average Bonchev–Trinajstić information content (AvgIpc) is 2.46. The fourth-order valence-corrected chi connectivity index (χ4v) is 1.94. The third-order valence-electron chi connectivity index (χ3n) is 2.81. The number of hydrogen-bond donors (Lipinski definition) is 1. The van der Waals surface area contributed by atoms with E-state index in [9.17, 15) is 13.2 Å². The van der Waals surface area contributed by atoms with Gasteiger partial charge in [0.1, 0.15) is 6.61 Å². The highest BCUT2D eigenvalue weighted by Crippen LogP contribution is 2.20. The Kier molecular flexibility index (Phi) is 5.63. The second kappa shape index (κ2) is 7.47. The van der Waals surface area contributed by atoms with Crippen molar-refractivity contribution in [3.63, 3.8) is 0 Å². The lowest BCUT2D eigenvalue weighted by Gasteiger charge is -2.10. The average molecular weight is 331 g/mol. The van der Waals surface area contributed by atoms with Gasteiger partial charge in [-0.15, -0.1) is 0 Å². The van der Waals surface area contributed by atoms with Crippen LogP contribution in [0, 0.1) is 0 Å². The highest BCUT2D eigenvalue weighted by molar-refractivity contribution is 6.33. The number of anilines is 1. The molecule has 118 valence electrons. The number of nitrogens with zero attached hydrogens (tertiary/aromatic N) is 1. The molecule has 0 radical (unpaired) electrons. The van der Waals surface area contributed by atoms with Gasteiger partial charge in [0.05, 0.1) is 17.3 Å². The predicted molar refractivity (Wildman–Crippen MR) is 78.7 cm³/mol. The van der Waals surface area contributed by atoms with Gasteiger partial charge in [0.25, 0.3) is 0 Å². The van der Waals surface area contributed by atoms with Crippen LogP contribution in [0.1, 0.15) is 11.1 Å². The van der Waals surface area contributed by atoms with Crippen LogP contribution in [0.4, 0.5) is 18.9 Å². The lowest BCUT2D eigenvalue weighted by molar-refractivity contribution is -0.176. The Morgan fingerprint density at radius 2 is 1.77 bits per heavy atom. The first-order valence-electron chi connectivity index (χ1n) is 6.50. The summed E-state index contributed by atoms with van der Waals surface area (Å²) in [6.45, 7) is -0.756. The molecule has 0 aliphatic rings. The lowest BCUT2D eigenvalue weighted by atomic mass is 10.1. The molecule has 0 atom stereocenters. The van der Waals surface area contributed by atoms with Gasteiger partial charge in [0.2, 0.25) is 0 Å². The summed E-state index contributed by atoms with van der Waals surface area (Å²) in [5.41, 5.74) is 2.44. The Hall–Kier alpha value is -1.79. The molecule has 22 heavy (non-hydrogen) atoms. The molecule has 0 aliphatic heterocycles. The zero-order valence-electron chi connectivity index (χ0n) is 11.5. The van der Waals surface area contributed by atoms with Crippen LogP contribution in [0.15, 0.2) is 42.7 Å². The first-order valence-corrected chi connectivity index (χ1v) is 6.87. The predicted octanol–water partition coefficient (Wildman–Crippen LogP) is 4.43. The van der Waals surface area contributed by atoms with Gasteiger partial charge in [0, 0.05) is 18.9 Å². The molecule has 2 rings (SSSR count). The molecular formula is C15H14ClF3N2O.